The Hall–Kier alpha value is -1.91. The lowest BCUT2D eigenvalue weighted by Gasteiger charge is -2.35. The van der Waals surface area contributed by atoms with Crippen LogP contribution in [0.25, 0.3) is 0 Å². The topological polar surface area (TPSA) is 61.4 Å². The number of hydrogen-bond donors (Lipinski definition) is 2. The number of benzene rings is 2. The van der Waals surface area contributed by atoms with Gasteiger partial charge in [0.1, 0.15) is 0 Å². The van der Waals surface area contributed by atoms with E-state index in [1.54, 1.807) is 14.2 Å². The lowest BCUT2D eigenvalue weighted by Crippen LogP contribution is -2.44. The van der Waals surface area contributed by atoms with Gasteiger partial charge >= 0.3 is 0 Å². The summed E-state index contributed by atoms with van der Waals surface area (Å²) in [5, 5.41) is 7.37. The molecule has 1 heterocycles. The third-order valence-corrected chi connectivity index (χ3v) is 5.68. The van der Waals surface area contributed by atoms with E-state index in [9.17, 15) is 0 Å². The minimum absolute atomic E-state index is 0. The van der Waals surface area contributed by atoms with Crippen LogP contribution >= 0.6 is 35.6 Å². The van der Waals surface area contributed by atoms with Gasteiger partial charge < -0.3 is 29.9 Å². The number of hydrogen-bond acceptors (Lipinski definition) is 5. The highest BCUT2D eigenvalue weighted by Crippen LogP contribution is 2.31. The van der Waals surface area contributed by atoms with Crippen molar-refractivity contribution in [3.63, 3.8) is 0 Å². The summed E-state index contributed by atoms with van der Waals surface area (Å²) in [6.07, 6.45) is 0. The molecule has 0 spiro atoms. The lowest BCUT2D eigenvalue weighted by molar-refractivity contribution is 0.312. The van der Waals surface area contributed by atoms with Gasteiger partial charge in [0.05, 0.1) is 20.8 Å². The Kier molecular flexibility index (Phi) is 10.7. The molecule has 0 saturated carbocycles. The van der Waals surface area contributed by atoms with E-state index in [4.69, 9.17) is 26.1 Å². The van der Waals surface area contributed by atoms with E-state index in [2.05, 4.69) is 33.5 Å². The molecule has 1 fully saturated rings. The summed E-state index contributed by atoms with van der Waals surface area (Å²) in [6, 6.07) is 11.8. The highest BCUT2D eigenvalue weighted by Gasteiger charge is 2.18. The number of rotatable bonds is 7. The van der Waals surface area contributed by atoms with Crippen LogP contribution in [0.5, 0.6) is 11.5 Å². The largest absolute Gasteiger partial charge is 0.493 e. The number of anilines is 2. The first-order chi connectivity index (χ1) is 15.0. The van der Waals surface area contributed by atoms with Crippen LogP contribution in [0, 0.1) is 0 Å². The van der Waals surface area contributed by atoms with Crippen LogP contribution in [0.4, 0.5) is 11.4 Å². The summed E-state index contributed by atoms with van der Waals surface area (Å²) in [5.74, 6) is 2.02. The molecular weight excluding hydrogens is 541 g/mol. The Balaban J connectivity index is 0.00000363. The molecule has 2 aromatic rings. The fourth-order valence-corrected chi connectivity index (χ4v) is 3.79. The zero-order valence-corrected chi connectivity index (χ0v) is 22.2. The normalized spacial score (nSPS) is 14.5. The second-order valence-corrected chi connectivity index (χ2v) is 7.82. The number of nitrogens with one attached hydrogen (secondary N) is 2. The first kappa shape index (κ1) is 26.3. The van der Waals surface area contributed by atoms with E-state index in [1.165, 1.54) is 0 Å². The van der Waals surface area contributed by atoms with Gasteiger partial charge in [-0.25, -0.2) is 4.99 Å². The summed E-state index contributed by atoms with van der Waals surface area (Å²) in [7, 11) is 5.40. The fourth-order valence-electron chi connectivity index (χ4n) is 3.56. The number of aliphatic imine (C=N–C) groups is 1. The molecule has 3 rings (SSSR count). The maximum Gasteiger partial charge on any atom is 0.196 e. The number of piperazine rings is 1. The Morgan fingerprint density at radius 2 is 1.78 bits per heavy atom. The van der Waals surface area contributed by atoms with Crippen molar-refractivity contribution < 1.29 is 9.47 Å². The molecule has 0 radical (unpaired) electrons. The van der Waals surface area contributed by atoms with Crippen LogP contribution in [-0.4, -0.2) is 64.9 Å². The smallest absolute Gasteiger partial charge is 0.196 e. The predicted molar refractivity (Wildman–Crippen MR) is 145 cm³/mol. The summed E-state index contributed by atoms with van der Waals surface area (Å²) >= 11 is 6.59. The summed E-state index contributed by atoms with van der Waals surface area (Å²) in [6.45, 7) is 7.31. The van der Waals surface area contributed by atoms with Gasteiger partial charge in [0.2, 0.25) is 0 Å². The van der Waals surface area contributed by atoms with Gasteiger partial charge in [0.15, 0.2) is 17.5 Å². The molecule has 32 heavy (non-hydrogen) atoms. The van der Waals surface area contributed by atoms with Crippen LogP contribution in [0.3, 0.4) is 0 Å². The minimum Gasteiger partial charge on any atom is -0.493 e. The summed E-state index contributed by atoms with van der Waals surface area (Å²) < 4.78 is 10.7. The maximum absolute atomic E-state index is 6.59. The second kappa shape index (κ2) is 13.0. The van der Waals surface area contributed by atoms with E-state index < -0.39 is 0 Å². The molecule has 176 valence electrons. The van der Waals surface area contributed by atoms with Crippen LogP contribution < -0.4 is 25.0 Å². The molecule has 0 bridgehead atoms. The zero-order valence-electron chi connectivity index (χ0n) is 19.2. The van der Waals surface area contributed by atoms with Crippen molar-refractivity contribution in [1.29, 1.82) is 0 Å². The number of likely N-dealkylation sites (N-methyl/N-ethyl adjacent to an activating group) is 1. The average Bonchev–Trinajstić information content (AvgIpc) is 2.78. The van der Waals surface area contributed by atoms with E-state index in [0.29, 0.717) is 24.0 Å². The lowest BCUT2D eigenvalue weighted by atomic mass is 10.1. The first-order valence-corrected chi connectivity index (χ1v) is 10.9. The third kappa shape index (κ3) is 6.79. The van der Waals surface area contributed by atoms with Gasteiger partial charge in [-0.2, -0.15) is 0 Å². The van der Waals surface area contributed by atoms with E-state index in [1.807, 2.05) is 37.3 Å². The van der Waals surface area contributed by atoms with Gasteiger partial charge in [0, 0.05) is 60.8 Å². The minimum atomic E-state index is 0. The van der Waals surface area contributed by atoms with Crippen LogP contribution in [0.15, 0.2) is 41.4 Å². The van der Waals surface area contributed by atoms with Crippen molar-refractivity contribution in [2.75, 3.05) is 64.2 Å². The molecule has 1 aliphatic heterocycles. The van der Waals surface area contributed by atoms with Crippen molar-refractivity contribution in [1.82, 2.24) is 10.2 Å². The quantitative estimate of drug-likeness (QED) is 0.293. The molecule has 0 amide bonds. The fraction of sp³-hybridized carbons (Fsp3) is 0.435. The molecular formula is C23H33ClIN5O2. The standard InChI is InChI=1S/C23H32ClN5O2.HI/c1-5-25-23(27-17-9-10-21(30-3)22(15-17)31-4)26-16-18-19(24)7-6-8-20(18)29-13-11-28(2)12-14-29;/h6-10,15H,5,11-14,16H2,1-4H3,(H2,25,26,27);1H. The summed E-state index contributed by atoms with van der Waals surface area (Å²) in [4.78, 5) is 9.55. The van der Waals surface area contributed by atoms with Crippen LogP contribution in [-0.2, 0) is 6.54 Å². The van der Waals surface area contributed by atoms with E-state index in [0.717, 1.165) is 54.7 Å². The van der Waals surface area contributed by atoms with Crippen LogP contribution in [0.2, 0.25) is 5.02 Å². The number of methoxy groups -OCH3 is 2. The van der Waals surface area contributed by atoms with Crippen molar-refractivity contribution in [2.45, 2.75) is 13.5 Å². The Morgan fingerprint density at radius 3 is 2.44 bits per heavy atom. The molecule has 0 aromatic heterocycles. The van der Waals surface area contributed by atoms with Crippen LogP contribution in [0.1, 0.15) is 12.5 Å². The molecule has 2 aromatic carbocycles. The monoisotopic (exact) mass is 573 g/mol. The van der Waals surface area contributed by atoms with E-state index >= 15 is 0 Å². The number of nitrogens with zero attached hydrogens (tertiary/aromatic N) is 3. The van der Waals surface area contributed by atoms with Gasteiger partial charge in [-0.3, -0.25) is 0 Å². The van der Waals surface area contributed by atoms with Crippen molar-refractivity contribution >= 4 is 52.9 Å². The Bertz CT molecular complexity index is 904. The molecule has 9 heteroatoms. The van der Waals surface area contributed by atoms with Crippen molar-refractivity contribution in [2.24, 2.45) is 4.99 Å². The molecule has 2 N–H and O–H groups in total. The number of ether oxygens (including phenoxy) is 2. The molecule has 0 aliphatic carbocycles. The van der Waals surface area contributed by atoms with Gasteiger partial charge in [-0.15, -0.1) is 24.0 Å². The molecule has 1 aliphatic rings. The number of guanidine groups is 1. The molecule has 0 unspecified atom stereocenters. The molecule has 1 saturated heterocycles. The number of halogens is 2. The highest BCUT2D eigenvalue weighted by molar-refractivity contribution is 14.0. The molecule has 7 nitrogen and oxygen atoms in total. The van der Waals surface area contributed by atoms with Gasteiger partial charge in [-0.1, -0.05) is 17.7 Å². The highest BCUT2D eigenvalue weighted by atomic mass is 127. The van der Waals surface area contributed by atoms with Crippen molar-refractivity contribution in [3.05, 3.63) is 47.0 Å². The zero-order chi connectivity index (χ0) is 22.2. The molecule has 0 atom stereocenters. The maximum atomic E-state index is 6.59. The second-order valence-electron chi connectivity index (χ2n) is 7.42. The summed E-state index contributed by atoms with van der Waals surface area (Å²) in [5.41, 5.74) is 3.06. The first-order valence-electron chi connectivity index (χ1n) is 10.5. The Morgan fingerprint density at radius 1 is 1.06 bits per heavy atom. The van der Waals surface area contributed by atoms with E-state index in [-0.39, 0.29) is 24.0 Å². The SMILES string of the molecule is CCNC(=NCc1c(Cl)cccc1N1CCN(C)CC1)Nc1ccc(OC)c(OC)c1.I. The van der Waals surface area contributed by atoms with Crippen molar-refractivity contribution in [3.8, 4) is 11.5 Å². The van der Waals surface area contributed by atoms with Gasteiger partial charge in [0.25, 0.3) is 0 Å². The third-order valence-electron chi connectivity index (χ3n) is 5.32. The Labute approximate surface area is 213 Å². The predicted octanol–water partition coefficient (Wildman–Crippen LogP) is 4.30. The van der Waals surface area contributed by atoms with Gasteiger partial charge in [-0.05, 0) is 38.2 Å². The average molecular weight is 574 g/mol.